The lowest BCUT2D eigenvalue weighted by atomic mass is 9.80. The van der Waals surface area contributed by atoms with Gasteiger partial charge in [-0.25, -0.2) is 0 Å². The first-order valence-electron chi connectivity index (χ1n) is 8.17. The number of rotatable bonds is 3. The van der Waals surface area contributed by atoms with Gasteiger partial charge in [-0.3, -0.25) is 9.78 Å². The third-order valence-corrected chi connectivity index (χ3v) is 4.98. The van der Waals surface area contributed by atoms with Crippen LogP contribution in [0.3, 0.4) is 0 Å². The van der Waals surface area contributed by atoms with Gasteiger partial charge in [0.05, 0.1) is 36.3 Å². The summed E-state index contributed by atoms with van der Waals surface area (Å²) >= 11 is 0. The predicted molar refractivity (Wildman–Crippen MR) is 87.3 cm³/mol. The van der Waals surface area contributed by atoms with Gasteiger partial charge in [-0.05, 0) is 17.7 Å². The van der Waals surface area contributed by atoms with E-state index in [1.54, 1.807) is 6.20 Å². The van der Waals surface area contributed by atoms with E-state index in [4.69, 9.17) is 4.74 Å². The number of fused-ring (bicyclic) bond motifs is 3. The molecule has 2 aliphatic rings. The Morgan fingerprint density at radius 1 is 1.33 bits per heavy atom. The van der Waals surface area contributed by atoms with Crippen LogP contribution in [0.4, 0.5) is 0 Å². The molecule has 2 fully saturated rings. The molecule has 0 radical (unpaired) electrons. The Kier molecular flexibility index (Phi) is 3.75. The SMILES string of the molecule is O=C(Cc1ccc2cccnc2c1)NC12COC(C1)[C@H](O)[C@H](O)C2. The smallest absolute Gasteiger partial charge is 0.224 e. The molecular formula is C18H20N2O4. The number of hydrogen-bond donors (Lipinski definition) is 3. The van der Waals surface area contributed by atoms with Gasteiger partial charge < -0.3 is 20.3 Å². The highest BCUT2D eigenvalue weighted by molar-refractivity contribution is 5.83. The van der Waals surface area contributed by atoms with Crippen LogP contribution in [-0.2, 0) is 16.0 Å². The van der Waals surface area contributed by atoms with Crippen molar-refractivity contribution in [2.24, 2.45) is 0 Å². The zero-order valence-electron chi connectivity index (χ0n) is 13.2. The summed E-state index contributed by atoms with van der Waals surface area (Å²) in [5.41, 5.74) is 1.18. The highest BCUT2D eigenvalue weighted by Gasteiger charge is 2.51. The van der Waals surface area contributed by atoms with E-state index in [0.29, 0.717) is 19.4 Å². The van der Waals surface area contributed by atoms with Gasteiger partial charge in [0.25, 0.3) is 0 Å². The maximum Gasteiger partial charge on any atom is 0.224 e. The van der Waals surface area contributed by atoms with Gasteiger partial charge in [0, 0.05) is 24.4 Å². The molecule has 1 amide bonds. The highest BCUT2D eigenvalue weighted by atomic mass is 16.5. The Balaban J connectivity index is 1.46. The van der Waals surface area contributed by atoms with E-state index < -0.39 is 23.9 Å². The van der Waals surface area contributed by atoms with Gasteiger partial charge in [0.1, 0.15) is 6.10 Å². The maximum absolute atomic E-state index is 12.5. The van der Waals surface area contributed by atoms with E-state index in [1.165, 1.54) is 0 Å². The van der Waals surface area contributed by atoms with E-state index in [2.05, 4.69) is 10.3 Å². The number of pyridine rings is 1. The van der Waals surface area contributed by atoms with E-state index in [9.17, 15) is 15.0 Å². The molecular weight excluding hydrogens is 308 g/mol. The van der Waals surface area contributed by atoms with Crippen molar-refractivity contribution in [3.8, 4) is 0 Å². The number of hydrogen-bond acceptors (Lipinski definition) is 5. The second-order valence-electron chi connectivity index (χ2n) is 6.85. The van der Waals surface area contributed by atoms with Crippen LogP contribution < -0.4 is 5.32 Å². The molecule has 1 saturated heterocycles. The summed E-state index contributed by atoms with van der Waals surface area (Å²) in [6.07, 6.45) is 0.693. The van der Waals surface area contributed by atoms with E-state index >= 15 is 0 Å². The molecule has 1 aromatic carbocycles. The first-order valence-corrected chi connectivity index (χ1v) is 8.17. The van der Waals surface area contributed by atoms with Crippen molar-refractivity contribution >= 4 is 16.8 Å². The monoisotopic (exact) mass is 328 g/mol. The lowest BCUT2D eigenvalue weighted by molar-refractivity contribution is -0.123. The van der Waals surface area contributed by atoms with Crippen molar-refractivity contribution in [1.82, 2.24) is 10.3 Å². The fourth-order valence-corrected chi connectivity index (χ4v) is 3.79. The van der Waals surface area contributed by atoms with E-state index in [-0.39, 0.29) is 12.3 Å². The van der Waals surface area contributed by atoms with Crippen LogP contribution >= 0.6 is 0 Å². The van der Waals surface area contributed by atoms with Gasteiger partial charge in [0.15, 0.2) is 0 Å². The second-order valence-corrected chi connectivity index (χ2v) is 6.85. The summed E-state index contributed by atoms with van der Waals surface area (Å²) in [5, 5.41) is 23.9. The molecule has 1 aliphatic heterocycles. The van der Waals surface area contributed by atoms with Gasteiger partial charge >= 0.3 is 0 Å². The van der Waals surface area contributed by atoms with Gasteiger partial charge in [0.2, 0.25) is 5.91 Å². The molecule has 2 heterocycles. The normalized spacial score (nSPS) is 32.0. The summed E-state index contributed by atoms with van der Waals surface area (Å²) in [6, 6.07) is 9.66. The topological polar surface area (TPSA) is 91.7 Å². The molecule has 3 N–H and O–H groups in total. The zero-order valence-corrected chi connectivity index (χ0v) is 13.2. The largest absolute Gasteiger partial charge is 0.390 e. The molecule has 4 rings (SSSR count). The number of aromatic nitrogens is 1. The minimum absolute atomic E-state index is 0.113. The molecule has 0 spiro atoms. The molecule has 6 nitrogen and oxygen atoms in total. The number of carbonyl (C=O) groups is 1. The molecule has 24 heavy (non-hydrogen) atoms. The minimum Gasteiger partial charge on any atom is -0.390 e. The van der Waals surface area contributed by atoms with Crippen LogP contribution in [0.25, 0.3) is 10.9 Å². The number of ether oxygens (including phenoxy) is 1. The second kappa shape index (κ2) is 5.81. The van der Waals surface area contributed by atoms with Crippen LogP contribution in [0.1, 0.15) is 18.4 Å². The lowest BCUT2D eigenvalue weighted by Gasteiger charge is -2.37. The predicted octanol–water partition coefficient (Wildman–Crippen LogP) is 0.547. The fraction of sp³-hybridized carbons (Fsp3) is 0.444. The quantitative estimate of drug-likeness (QED) is 0.765. The number of aliphatic hydroxyl groups is 2. The first kappa shape index (κ1) is 15.5. The molecule has 1 aliphatic carbocycles. The number of nitrogens with zero attached hydrogens (tertiary/aromatic N) is 1. The molecule has 2 bridgehead atoms. The van der Waals surface area contributed by atoms with Crippen molar-refractivity contribution in [3.63, 3.8) is 0 Å². The lowest BCUT2D eigenvalue weighted by Crippen LogP contribution is -2.57. The number of amides is 1. The highest BCUT2D eigenvalue weighted by Crippen LogP contribution is 2.37. The maximum atomic E-state index is 12.5. The van der Waals surface area contributed by atoms with Gasteiger partial charge in [-0.15, -0.1) is 0 Å². The Morgan fingerprint density at radius 2 is 2.21 bits per heavy atom. The van der Waals surface area contributed by atoms with Crippen molar-refractivity contribution in [3.05, 3.63) is 42.1 Å². The average molecular weight is 328 g/mol. The van der Waals surface area contributed by atoms with Crippen LogP contribution in [0.2, 0.25) is 0 Å². The Labute approximate surface area is 139 Å². The minimum atomic E-state index is -0.871. The molecule has 4 atom stereocenters. The Hall–Kier alpha value is -2.02. The Bertz CT molecular complexity index is 780. The van der Waals surface area contributed by atoms with Gasteiger partial charge in [-0.2, -0.15) is 0 Å². The van der Waals surface area contributed by atoms with E-state index in [0.717, 1.165) is 16.5 Å². The van der Waals surface area contributed by atoms with E-state index in [1.807, 2.05) is 30.3 Å². The Morgan fingerprint density at radius 3 is 3.08 bits per heavy atom. The molecule has 1 aromatic heterocycles. The number of aliphatic hydroxyl groups excluding tert-OH is 2. The third-order valence-electron chi connectivity index (χ3n) is 4.98. The third kappa shape index (κ3) is 2.77. The summed E-state index contributed by atoms with van der Waals surface area (Å²) in [4.78, 5) is 16.8. The van der Waals surface area contributed by atoms with Crippen molar-refractivity contribution < 1.29 is 19.7 Å². The van der Waals surface area contributed by atoms with Crippen molar-refractivity contribution in [2.75, 3.05) is 6.61 Å². The van der Waals surface area contributed by atoms with Crippen LogP contribution in [0.15, 0.2) is 36.5 Å². The summed E-state index contributed by atoms with van der Waals surface area (Å²) in [7, 11) is 0. The van der Waals surface area contributed by atoms with Crippen molar-refractivity contribution in [1.29, 1.82) is 0 Å². The molecule has 2 unspecified atom stereocenters. The van der Waals surface area contributed by atoms with Crippen LogP contribution in [-0.4, -0.2) is 51.6 Å². The molecule has 2 aromatic rings. The summed E-state index contributed by atoms with van der Waals surface area (Å²) in [5.74, 6) is -0.113. The molecule has 1 saturated carbocycles. The first-order chi connectivity index (χ1) is 11.5. The number of benzene rings is 1. The number of nitrogens with one attached hydrogen (secondary N) is 1. The number of carbonyl (C=O) groups excluding carboxylic acids is 1. The van der Waals surface area contributed by atoms with Crippen LogP contribution in [0.5, 0.6) is 0 Å². The molecule has 6 heteroatoms. The zero-order chi connectivity index (χ0) is 16.7. The summed E-state index contributed by atoms with van der Waals surface area (Å²) < 4.78 is 5.54. The average Bonchev–Trinajstić information content (AvgIpc) is 2.92. The standard InChI is InChI=1S/C18H20N2O4/c21-14-8-18(9-15(17(14)23)24-10-18)20-16(22)7-11-3-4-12-2-1-5-19-13(12)6-11/h1-6,14-15,17,21,23H,7-10H2,(H,20,22)/t14-,15?,17-,18?/m1/s1. The van der Waals surface area contributed by atoms with Crippen LogP contribution in [0, 0.1) is 0 Å². The summed E-state index contributed by atoms with van der Waals surface area (Å²) in [6.45, 7) is 0.330. The fourth-order valence-electron chi connectivity index (χ4n) is 3.79. The molecule has 126 valence electrons. The van der Waals surface area contributed by atoms with Crippen molar-refractivity contribution in [2.45, 2.75) is 43.1 Å². The van der Waals surface area contributed by atoms with Gasteiger partial charge in [-0.1, -0.05) is 18.2 Å².